The van der Waals surface area contributed by atoms with Crippen molar-refractivity contribution in [2.75, 3.05) is 6.54 Å². The standard InChI is InChI=1S/C22H19FN6OS/c1-13-19-18(15-7-9-24-10-8-15)26-20(21-25-14(2)27-31-21)29(19)12-11-28(13)22(30)16-3-5-17(23)6-4-16/h3-10,13H,11-12H2,1-2H3/t13-/m1/s1. The zero-order valence-electron chi connectivity index (χ0n) is 17.0. The maximum absolute atomic E-state index is 13.3. The summed E-state index contributed by atoms with van der Waals surface area (Å²) in [6.45, 7) is 4.95. The molecule has 1 amide bonds. The zero-order valence-corrected chi connectivity index (χ0v) is 17.8. The molecule has 1 aliphatic rings. The largest absolute Gasteiger partial charge is 0.329 e. The fraction of sp³-hybridized carbons (Fsp3) is 0.227. The number of fused-ring (bicyclic) bond motifs is 1. The van der Waals surface area contributed by atoms with E-state index < -0.39 is 0 Å². The Bertz CT molecular complexity index is 1250. The first-order chi connectivity index (χ1) is 15.0. The number of carbonyl (C=O) groups excluding carboxylic acids is 1. The Balaban J connectivity index is 1.61. The molecule has 1 atom stereocenters. The van der Waals surface area contributed by atoms with Crippen molar-refractivity contribution >= 4 is 17.4 Å². The molecule has 1 aliphatic heterocycles. The van der Waals surface area contributed by atoms with E-state index in [1.54, 1.807) is 12.4 Å². The van der Waals surface area contributed by atoms with Gasteiger partial charge in [0.25, 0.3) is 5.91 Å². The average molecular weight is 435 g/mol. The fourth-order valence-electron chi connectivity index (χ4n) is 3.97. The number of nitrogens with zero attached hydrogens (tertiary/aromatic N) is 6. The maximum Gasteiger partial charge on any atom is 0.254 e. The van der Waals surface area contributed by atoms with Gasteiger partial charge in [-0.25, -0.2) is 14.4 Å². The van der Waals surface area contributed by atoms with E-state index in [0.29, 0.717) is 24.5 Å². The summed E-state index contributed by atoms with van der Waals surface area (Å²) < 4.78 is 19.8. The van der Waals surface area contributed by atoms with Gasteiger partial charge in [0, 0.05) is 36.6 Å². The van der Waals surface area contributed by atoms with Crippen molar-refractivity contribution in [1.82, 2.24) is 28.8 Å². The Morgan fingerprint density at radius 3 is 2.52 bits per heavy atom. The molecule has 5 rings (SSSR count). The quantitative estimate of drug-likeness (QED) is 0.485. The number of carbonyl (C=O) groups is 1. The van der Waals surface area contributed by atoms with Gasteiger partial charge in [0.05, 0.1) is 17.4 Å². The molecule has 0 saturated carbocycles. The molecule has 3 aromatic heterocycles. The first kappa shape index (κ1) is 19.5. The monoisotopic (exact) mass is 434 g/mol. The van der Waals surface area contributed by atoms with Gasteiger partial charge in [-0.15, -0.1) is 0 Å². The van der Waals surface area contributed by atoms with Crippen molar-refractivity contribution in [3.05, 3.63) is 71.7 Å². The second-order valence-electron chi connectivity index (χ2n) is 7.38. The van der Waals surface area contributed by atoms with Gasteiger partial charge in [-0.2, -0.15) is 4.37 Å². The predicted molar refractivity (Wildman–Crippen MR) is 115 cm³/mol. The summed E-state index contributed by atoms with van der Waals surface area (Å²) in [4.78, 5) is 28.6. The van der Waals surface area contributed by atoms with Gasteiger partial charge in [-0.05, 0) is 61.8 Å². The van der Waals surface area contributed by atoms with Gasteiger partial charge in [0.1, 0.15) is 11.6 Å². The minimum absolute atomic E-state index is 0.131. The van der Waals surface area contributed by atoms with Crippen LogP contribution >= 0.6 is 11.5 Å². The molecule has 4 heterocycles. The van der Waals surface area contributed by atoms with Crippen LogP contribution in [0, 0.1) is 12.7 Å². The number of aryl methyl sites for hydroxylation is 1. The highest BCUT2D eigenvalue weighted by Crippen LogP contribution is 2.38. The van der Waals surface area contributed by atoms with Crippen LogP contribution in [0.5, 0.6) is 0 Å². The molecular weight excluding hydrogens is 415 g/mol. The van der Waals surface area contributed by atoms with Gasteiger partial charge in [0.15, 0.2) is 10.8 Å². The Kier molecular flexibility index (Phi) is 4.82. The van der Waals surface area contributed by atoms with Gasteiger partial charge >= 0.3 is 0 Å². The number of halogens is 1. The van der Waals surface area contributed by atoms with E-state index in [0.717, 1.165) is 27.8 Å². The third-order valence-electron chi connectivity index (χ3n) is 5.46. The highest BCUT2D eigenvalue weighted by atomic mass is 32.1. The summed E-state index contributed by atoms with van der Waals surface area (Å²) in [7, 11) is 0. The third kappa shape index (κ3) is 3.40. The first-order valence-electron chi connectivity index (χ1n) is 9.91. The molecule has 0 spiro atoms. The van der Waals surface area contributed by atoms with Crippen LogP contribution in [0.2, 0.25) is 0 Å². The molecule has 0 radical (unpaired) electrons. The zero-order chi connectivity index (χ0) is 21.5. The average Bonchev–Trinajstić information content (AvgIpc) is 3.39. The molecule has 0 N–H and O–H groups in total. The second kappa shape index (κ2) is 7.66. The van der Waals surface area contributed by atoms with Crippen molar-refractivity contribution in [2.45, 2.75) is 26.4 Å². The number of hydrogen-bond donors (Lipinski definition) is 0. The topological polar surface area (TPSA) is 76.8 Å². The lowest BCUT2D eigenvalue weighted by Gasteiger charge is -2.35. The Hall–Kier alpha value is -3.46. The molecule has 0 unspecified atom stereocenters. The molecule has 4 aromatic rings. The first-order valence-corrected chi connectivity index (χ1v) is 10.7. The van der Waals surface area contributed by atoms with Crippen molar-refractivity contribution in [3.8, 4) is 22.1 Å². The van der Waals surface area contributed by atoms with Crippen LogP contribution in [0.15, 0.2) is 48.8 Å². The van der Waals surface area contributed by atoms with Crippen LogP contribution in [0.25, 0.3) is 22.1 Å². The summed E-state index contributed by atoms with van der Waals surface area (Å²) >= 11 is 1.32. The third-order valence-corrected chi connectivity index (χ3v) is 6.26. The number of aromatic nitrogens is 5. The van der Waals surface area contributed by atoms with E-state index in [-0.39, 0.29) is 17.8 Å². The maximum atomic E-state index is 13.3. The van der Waals surface area contributed by atoms with Gasteiger partial charge in [-0.1, -0.05) is 0 Å². The number of amides is 1. The predicted octanol–water partition coefficient (Wildman–Crippen LogP) is 4.13. The number of pyridine rings is 1. The minimum atomic E-state index is -0.363. The van der Waals surface area contributed by atoms with Crippen LogP contribution in [-0.4, -0.2) is 41.2 Å². The molecule has 7 nitrogen and oxygen atoms in total. The number of imidazole rings is 1. The highest BCUT2D eigenvalue weighted by molar-refractivity contribution is 7.09. The molecule has 1 aromatic carbocycles. The van der Waals surface area contributed by atoms with Crippen molar-refractivity contribution in [3.63, 3.8) is 0 Å². The van der Waals surface area contributed by atoms with Crippen LogP contribution in [-0.2, 0) is 6.54 Å². The summed E-state index contributed by atoms with van der Waals surface area (Å²) in [5.74, 6) is 0.972. The van der Waals surface area contributed by atoms with Gasteiger partial charge in [-0.3, -0.25) is 9.78 Å². The van der Waals surface area contributed by atoms with Crippen molar-refractivity contribution < 1.29 is 9.18 Å². The van der Waals surface area contributed by atoms with E-state index in [2.05, 4.69) is 18.9 Å². The molecule has 0 aliphatic carbocycles. The number of rotatable bonds is 3. The molecular formula is C22H19FN6OS. The van der Waals surface area contributed by atoms with Crippen LogP contribution < -0.4 is 0 Å². The summed E-state index contributed by atoms with van der Waals surface area (Å²) in [5, 5.41) is 0.754. The van der Waals surface area contributed by atoms with E-state index in [1.807, 2.05) is 30.9 Å². The molecule has 0 fully saturated rings. The lowest BCUT2D eigenvalue weighted by atomic mass is 10.0. The SMILES string of the molecule is Cc1nsc(-c2nc(-c3ccncc3)c3n2CCN(C(=O)c2ccc(F)cc2)[C@@H]3C)n1. The lowest BCUT2D eigenvalue weighted by molar-refractivity contribution is 0.0645. The normalized spacial score (nSPS) is 15.7. The molecule has 31 heavy (non-hydrogen) atoms. The molecule has 156 valence electrons. The highest BCUT2D eigenvalue weighted by Gasteiger charge is 2.34. The minimum Gasteiger partial charge on any atom is -0.329 e. The van der Waals surface area contributed by atoms with E-state index in [4.69, 9.17) is 4.98 Å². The van der Waals surface area contributed by atoms with Crippen molar-refractivity contribution in [1.29, 1.82) is 0 Å². The van der Waals surface area contributed by atoms with Crippen LogP contribution in [0.1, 0.15) is 34.8 Å². The van der Waals surface area contributed by atoms with Crippen molar-refractivity contribution in [2.24, 2.45) is 0 Å². The van der Waals surface area contributed by atoms with E-state index >= 15 is 0 Å². The molecule has 9 heteroatoms. The van der Waals surface area contributed by atoms with Crippen LogP contribution in [0.4, 0.5) is 4.39 Å². The molecule has 0 bridgehead atoms. The summed E-state index contributed by atoms with van der Waals surface area (Å²) in [6, 6.07) is 9.25. The Morgan fingerprint density at radius 1 is 1.10 bits per heavy atom. The summed E-state index contributed by atoms with van der Waals surface area (Å²) in [5.41, 5.74) is 3.13. The number of hydrogen-bond acceptors (Lipinski definition) is 6. The summed E-state index contributed by atoms with van der Waals surface area (Å²) in [6.07, 6.45) is 3.45. The van der Waals surface area contributed by atoms with Gasteiger partial charge < -0.3 is 9.47 Å². The van der Waals surface area contributed by atoms with E-state index in [9.17, 15) is 9.18 Å². The number of benzene rings is 1. The van der Waals surface area contributed by atoms with Crippen LogP contribution in [0.3, 0.4) is 0 Å². The Morgan fingerprint density at radius 2 is 1.84 bits per heavy atom. The fourth-order valence-corrected chi connectivity index (χ4v) is 4.64. The van der Waals surface area contributed by atoms with E-state index in [1.165, 1.54) is 35.8 Å². The Labute approximate surface area is 182 Å². The second-order valence-corrected chi connectivity index (χ2v) is 8.14. The lowest BCUT2D eigenvalue weighted by Crippen LogP contribution is -2.41. The smallest absolute Gasteiger partial charge is 0.254 e. The van der Waals surface area contributed by atoms with Gasteiger partial charge in [0.2, 0.25) is 0 Å². The molecule has 0 saturated heterocycles.